The van der Waals surface area contributed by atoms with Crippen LogP contribution in [0.2, 0.25) is 0 Å². The van der Waals surface area contributed by atoms with E-state index >= 15 is 0 Å². The van der Waals surface area contributed by atoms with Crippen molar-refractivity contribution in [2.24, 2.45) is 0 Å². The van der Waals surface area contributed by atoms with E-state index in [1.807, 2.05) is 24.3 Å². The Morgan fingerprint density at radius 2 is 0.746 bits per heavy atom. The third-order valence-electron chi connectivity index (χ3n) is 12.2. The first-order chi connectivity index (χ1) is 31.2. The molecule has 0 unspecified atom stereocenters. The van der Waals surface area contributed by atoms with Gasteiger partial charge in [0, 0.05) is 32.8 Å². The number of benzene rings is 10. The second-order valence-electron chi connectivity index (χ2n) is 16.0. The first kappa shape index (κ1) is 36.4. The van der Waals surface area contributed by atoms with E-state index in [4.69, 9.17) is 15.0 Å². The minimum absolute atomic E-state index is 0.617. The summed E-state index contributed by atoms with van der Waals surface area (Å²) in [6.45, 7) is 0. The van der Waals surface area contributed by atoms with Crippen LogP contribution in [0, 0.1) is 0 Å². The molecule has 63 heavy (non-hydrogen) atoms. The van der Waals surface area contributed by atoms with Gasteiger partial charge >= 0.3 is 0 Å². The van der Waals surface area contributed by atoms with Gasteiger partial charge in [-0.05, 0) is 92.0 Å². The van der Waals surface area contributed by atoms with Crippen molar-refractivity contribution in [1.82, 2.24) is 19.5 Å². The molecule has 0 atom stereocenters. The van der Waals surface area contributed by atoms with Crippen molar-refractivity contribution in [3.63, 3.8) is 0 Å². The summed E-state index contributed by atoms with van der Waals surface area (Å²) in [7, 11) is 0. The number of para-hydroxylation sites is 1. The number of aromatic nitrogens is 4. The number of nitrogens with zero attached hydrogens (tertiary/aromatic N) is 4. The van der Waals surface area contributed by atoms with Crippen LogP contribution in [0.1, 0.15) is 0 Å². The molecule has 2 aromatic heterocycles. The van der Waals surface area contributed by atoms with Crippen LogP contribution < -0.4 is 0 Å². The zero-order valence-electron chi connectivity index (χ0n) is 34.2. The quantitative estimate of drug-likeness (QED) is 0.161. The fourth-order valence-electron chi connectivity index (χ4n) is 9.11. The van der Waals surface area contributed by atoms with Gasteiger partial charge in [0.25, 0.3) is 0 Å². The van der Waals surface area contributed by atoms with Gasteiger partial charge < -0.3 is 4.57 Å². The van der Waals surface area contributed by atoms with Gasteiger partial charge in [-0.3, -0.25) is 0 Å². The predicted molar refractivity (Wildman–Crippen MR) is 262 cm³/mol. The molecular weight excluding hydrogens is 765 g/mol. The third-order valence-corrected chi connectivity index (χ3v) is 12.2. The zero-order chi connectivity index (χ0) is 41.7. The van der Waals surface area contributed by atoms with Crippen LogP contribution in [0.4, 0.5) is 0 Å². The standard InChI is InChI=1S/C59H38N4/c1-4-15-39(16-5-1)41-27-29-43(30-28-41)58-60-57(42-19-8-3-9-20-42)61-59(62-58)51-33-34-55(63-54-26-13-12-25-49(54)53-37-46-21-10-11-22-47(46)38-56(53)63)50-32-31-48(36-52(50)51)45-24-14-23-44(35-45)40-17-6-2-7-18-40/h1-38H. The number of rotatable bonds is 7. The van der Waals surface area contributed by atoms with Crippen molar-refractivity contribution >= 4 is 43.4 Å². The Kier molecular flexibility index (Phi) is 8.79. The van der Waals surface area contributed by atoms with Gasteiger partial charge in [0.2, 0.25) is 0 Å². The average Bonchev–Trinajstić information content (AvgIpc) is 3.68. The molecule has 4 heteroatoms. The molecule has 0 radical (unpaired) electrons. The Balaban J connectivity index is 1.10. The van der Waals surface area contributed by atoms with E-state index in [1.165, 1.54) is 38.2 Å². The van der Waals surface area contributed by atoms with Gasteiger partial charge in [0.1, 0.15) is 0 Å². The summed E-state index contributed by atoms with van der Waals surface area (Å²) in [5, 5.41) is 7.03. The lowest BCUT2D eigenvalue weighted by Crippen LogP contribution is -2.02. The van der Waals surface area contributed by atoms with Crippen molar-refractivity contribution < 1.29 is 0 Å². The fraction of sp³-hybridized carbons (Fsp3) is 0. The minimum Gasteiger partial charge on any atom is -0.309 e. The van der Waals surface area contributed by atoms with Gasteiger partial charge in [-0.25, -0.2) is 15.0 Å². The summed E-state index contributed by atoms with van der Waals surface area (Å²) in [6.07, 6.45) is 0. The molecule has 10 aromatic carbocycles. The van der Waals surface area contributed by atoms with Crippen molar-refractivity contribution in [3.8, 4) is 73.2 Å². The predicted octanol–water partition coefficient (Wildman–Crippen LogP) is 15.3. The van der Waals surface area contributed by atoms with Gasteiger partial charge in [-0.15, -0.1) is 0 Å². The molecule has 294 valence electrons. The van der Waals surface area contributed by atoms with Crippen LogP contribution in [0.3, 0.4) is 0 Å². The van der Waals surface area contributed by atoms with Crippen LogP contribution in [0.5, 0.6) is 0 Å². The Hall–Kier alpha value is -8.47. The topological polar surface area (TPSA) is 43.6 Å². The molecule has 0 saturated carbocycles. The summed E-state index contributed by atoms with van der Waals surface area (Å²) in [4.78, 5) is 15.7. The molecule has 0 amide bonds. The maximum absolute atomic E-state index is 5.31. The van der Waals surface area contributed by atoms with Crippen molar-refractivity contribution in [2.75, 3.05) is 0 Å². The van der Waals surface area contributed by atoms with Gasteiger partial charge in [0.15, 0.2) is 17.5 Å². The van der Waals surface area contributed by atoms with Crippen LogP contribution in [-0.2, 0) is 0 Å². The normalized spacial score (nSPS) is 11.5. The van der Waals surface area contributed by atoms with Gasteiger partial charge in [-0.1, -0.05) is 188 Å². The SMILES string of the molecule is c1ccc(-c2ccc(-c3nc(-c4ccccc4)nc(-c4ccc(-n5c6ccccc6c6cc7ccccc7cc65)c5ccc(-c6cccc(-c7ccccc7)c6)cc45)n3)cc2)cc1. The largest absolute Gasteiger partial charge is 0.309 e. The first-order valence-corrected chi connectivity index (χ1v) is 21.3. The second kappa shape index (κ2) is 15.2. The lowest BCUT2D eigenvalue weighted by molar-refractivity contribution is 1.08. The molecule has 0 aliphatic heterocycles. The maximum atomic E-state index is 5.31. The smallest absolute Gasteiger partial charge is 0.164 e. The van der Waals surface area contributed by atoms with Gasteiger partial charge in [-0.2, -0.15) is 0 Å². The monoisotopic (exact) mass is 802 g/mol. The number of hydrogen-bond acceptors (Lipinski definition) is 3. The van der Waals surface area contributed by atoms with E-state index in [1.54, 1.807) is 0 Å². The molecule has 0 saturated heterocycles. The fourth-order valence-corrected chi connectivity index (χ4v) is 9.11. The molecular formula is C59H38N4. The van der Waals surface area contributed by atoms with E-state index in [2.05, 4.69) is 211 Å². The minimum atomic E-state index is 0.617. The molecule has 0 aliphatic carbocycles. The maximum Gasteiger partial charge on any atom is 0.164 e. The Morgan fingerprint density at radius 3 is 1.46 bits per heavy atom. The third kappa shape index (κ3) is 6.53. The Morgan fingerprint density at radius 1 is 0.254 bits per heavy atom. The molecule has 2 heterocycles. The molecule has 0 bridgehead atoms. The Bertz CT molecular complexity index is 3650. The number of hydrogen-bond donors (Lipinski definition) is 0. The highest BCUT2D eigenvalue weighted by atomic mass is 15.0. The van der Waals surface area contributed by atoms with E-state index in [0.29, 0.717) is 17.5 Å². The van der Waals surface area contributed by atoms with Crippen molar-refractivity contribution in [3.05, 3.63) is 231 Å². The summed E-state index contributed by atoms with van der Waals surface area (Å²) in [5.74, 6) is 1.86. The summed E-state index contributed by atoms with van der Waals surface area (Å²) < 4.78 is 2.43. The Labute approximate surface area is 365 Å². The van der Waals surface area contributed by atoms with Crippen LogP contribution in [-0.4, -0.2) is 19.5 Å². The summed E-state index contributed by atoms with van der Waals surface area (Å²) >= 11 is 0. The van der Waals surface area contributed by atoms with E-state index in [0.717, 1.165) is 60.9 Å². The molecule has 4 nitrogen and oxygen atoms in total. The van der Waals surface area contributed by atoms with Crippen LogP contribution >= 0.6 is 0 Å². The first-order valence-electron chi connectivity index (χ1n) is 21.3. The average molecular weight is 803 g/mol. The summed E-state index contributed by atoms with van der Waals surface area (Å²) in [5.41, 5.74) is 13.1. The summed E-state index contributed by atoms with van der Waals surface area (Å²) in [6, 6.07) is 81.9. The van der Waals surface area contributed by atoms with Crippen molar-refractivity contribution in [2.45, 2.75) is 0 Å². The highest BCUT2D eigenvalue weighted by Crippen LogP contribution is 2.41. The highest BCUT2D eigenvalue weighted by molar-refractivity contribution is 6.15. The second-order valence-corrected chi connectivity index (χ2v) is 16.0. The lowest BCUT2D eigenvalue weighted by Gasteiger charge is -2.17. The van der Waals surface area contributed by atoms with Crippen LogP contribution in [0.25, 0.3) is 117 Å². The van der Waals surface area contributed by atoms with Gasteiger partial charge in [0.05, 0.1) is 16.7 Å². The molecule has 0 spiro atoms. The van der Waals surface area contributed by atoms with E-state index in [9.17, 15) is 0 Å². The molecule has 0 N–H and O–H groups in total. The number of fused-ring (bicyclic) bond motifs is 5. The van der Waals surface area contributed by atoms with E-state index in [-0.39, 0.29) is 0 Å². The molecule has 0 aliphatic rings. The molecule has 12 aromatic rings. The van der Waals surface area contributed by atoms with Crippen molar-refractivity contribution in [1.29, 1.82) is 0 Å². The lowest BCUT2D eigenvalue weighted by atomic mass is 9.94. The zero-order valence-corrected chi connectivity index (χ0v) is 34.2. The molecule has 0 fully saturated rings. The van der Waals surface area contributed by atoms with E-state index < -0.39 is 0 Å². The van der Waals surface area contributed by atoms with Crippen LogP contribution in [0.15, 0.2) is 231 Å². The highest BCUT2D eigenvalue weighted by Gasteiger charge is 2.20. The molecule has 12 rings (SSSR count).